The first-order chi connectivity index (χ1) is 17.6. The molecule has 6 rings (SSSR count). The zero-order valence-corrected chi connectivity index (χ0v) is 19.7. The van der Waals surface area contributed by atoms with Gasteiger partial charge in [0.2, 0.25) is 0 Å². The van der Waals surface area contributed by atoms with Crippen LogP contribution in [0.5, 0.6) is 5.75 Å². The van der Waals surface area contributed by atoms with Gasteiger partial charge in [0.1, 0.15) is 23.9 Å². The maximum atomic E-state index is 11.3. The number of anilines is 1. The Morgan fingerprint density at radius 1 is 1.03 bits per heavy atom. The fraction of sp³-hybridized carbons (Fsp3) is 0.207. The Hall–Kier alpha value is -4.39. The highest BCUT2D eigenvalue weighted by molar-refractivity contribution is 5.95. The first-order valence-corrected chi connectivity index (χ1v) is 12.1. The number of nitrogen functional groups attached to an aromatic ring is 1. The monoisotopic (exact) mass is 478 g/mol. The number of carbonyl (C=O) groups is 1. The number of aliphatic carboxylic acids is 1. The van der Waals surface area contributed by atoms with Crippen LogP contribution in [0.2, 0.25) is 0 Å². The van der Waals surface area contributed by atoms with Gasteiger partial charge in [-0.1, -0.05) is 36.4 Å². The van der Waals surface area contributed by atoms with Gasteiger partial charge in [-0.05, 0) is 66.1 Å². The summed E-state index contributed by atoms with van der Waals surface area (Å²) in [5.74, 6) is 0.198. The minimum atomic E-state index is -0.887. The molecule has 1 fully saturated rings. The Bertz CT molecular complexity index is 1600. The maximum Gasteiger partial charge on any atom is 0.307 e. The lowest BCUT2D eigenvalue weighted by molar-refractivity contribution is -0.136. The van der Waals surface area contributed by atoms with E-state index in [9.17, 15) is 9.90 Å². The van der Waals surface area contributed by atoms with E-state index in [0.717, 1.165) is 51.3 Å². The summed E-state index contributed by atoms with van der Waals surface area (Å²) in [5.41, 5.74) is 10.8. The van der Waals surface area contributed by atoms with Gasteiger partial charge >= 0.3 is 5.97 Å². The van der Waals surface area contributed by atoms with Crippen molar-refractivity contribution in [2.45, 2.75) is 38.3 Å². The van der Waals surface area contributed by atoms with Gasteiger partial charge in [0.25, 0.3) is 0 Å². The SMILES string of the molecule is Nc1nccc2ccc(-c3ccc4c(c3)c(COc3ccccc3CC(=O)O)nn4C3CCC3)cc12. The van der Waals surface area contributed by atoms with Crippen LogP contribution in [-0.2, 0) is 17.8 Å². The van der Waals surface area contributed by atoms with Crippen LogP contribution < -0.4 is 10.5 Å². The molecule has 1 saturated carbocycles. The van der Waals surface area contributed by atoms with Crippen molar-refractivity contribution in [1.82, 2.24) is 14.8 Å². The number of nitrogens with two attached hydrogens (primary N) is 1. The normalized spacial score (nSPS) is 13.7. The summed E-state index contributed by atoms with van der Waals surface area (Å²) in [4.78, 5) is 15.5. The van der Waals surface area contributed by atoms with Gasteiger partial charge in [-0.2, -0.15) is 5.10 Å². The van der Waals surface area contributed by atoms with Crippen molar-refractivity contribution in [3.8, 4) is 16.9 Å². The molecule has 0 saturated heterocycles. The van der Waals surface area contributed by atoms with Crippen molar-refractivity contribution in [1.29, 1.82) is 0 Å². The molecule has 0 spiro atoms. The Morgan fingerprint density at radius 2 is 1.81 bits per heavy atom. The van der Waals surface area contributed by atoms with Crippen LogP contribution in [0.3, 0.4) is 0 Å². The molecule has 7 heteroatoms. The number of pyridine rings is 1. The number of fused-ring (bicyclic) bond motifs is 2. The lowest BCUT2D eigenvalue weighted by Gasteiger charge is -2.26. The second-order valence-corrected chi connectivity index (χ2v) is 9.31. The summed E-state index contributed by atoms with van der Waals surface area (Å²) >= 11 is 0. The van der Waals surface area contributed by atoms with Crippen molar-refractivity contribution < 1.29 is 14.6 Å². The summed E-state index contributed by atoms with van der Waals surface area (Å²) in [6.45, 7) is 0.255. The fourth-order valence-electron chi connectivity index (χ4n) is 4.87. The number of carboxylic acid groups (broad SMARTS) is 1. The highest BCUT2D eigenvalue weighted by atomic mass is 16.5. The molecule has 0 amide bonds. The highest BCUT2D eigenvalue weighted by Gasteiger charge is 2.24. The Morgan fingerprint density at radius 3 is 2.58 bits per heavy atom. The lowest BCUT2D eigenvalue weighted by Crippen LogP contribution is -2.18. The lowest BCUT2D eigenvalue weighted by atomic mass is 9.93. The summed E-state index contributed by atoms with van der Waals surface area (Å²) in [7, 11) is 0. The van der Waals surface area contributed by atoms with E-state index in [1.54, 1.807) is 12.3 Å². The molecule has 1 aliphatic rings. The summed E-state index contributed by atoms with van der Waals surface area (Å²) in [6, 6.07) is 22.3. The fourth-order valence-corrected chi connectivity index (χ4v) is 4.87. The van der Waals surface area contributed by atoms with E-state index in [4.69, 9.17) is 15.6 Å². The maximum absolute atomic E-state index is 11.3. The molecule has 7 nitrogen and oxygen atoms in total. The molecule has 2 heterocycles. The molecule has 0 unspecified atom stereocenters. The molecule has 1 aliphatic carbocycles. The average Bonchev–Trinajstić information content (AvgIpc) is 3.19. The molecule has 0 radical (unpaired) electrons. The van der Waals surface area contributed by atoms with Crippen molar-refractivity contribution in [3.63, 3.8) is 0 Å². The standard InChI is InChI=1S/C29H26N4O3/c30-29-23-14-19(9-8-18(23)12-13-31-29)20-10-11-26-24(15-20)25(32-33(26)22-5-3-6-22)17-36-27-7-2-1-4-21(27)16-28(34)35/h1-2,4,7-15,22H,3,5-6,16-17H2,(H2,30,31)(H,34,35). The van der Waals surface area contributed by atoms with Crippen LogP contribution in [0.15, 0.2) is 72.9 Å². The number of carboxylic acids is 1. The van der Waals surface area contributed by atoms with Crippen molar-refractivity contribution in [2.75, 3.05) is 5.73 Å². The number of hydrogen-bond acceptors (Lipinski definition) is 5. The topological polar surface area (TPSA) is 103 Å². The third-order valence-corrected chi connectivity index (χ3v) is 7.01. The molecule has 3 aromatic carbocycles. The van der Waals surface area contributed by atoms with Gasteiger partial charge in [-0.15, -0.1) is 0 Å². The first kappa shape index (κ1) is 22.1. The molecular weight excluding hydrogens is 452 g/mol. The number of nitrogens with zero attached hydrogens (tertiary/aromatic N) is 3. The minimum absolute atomic E-state index is 0.0858. The Kier molecular flexibility index (Phi) is 5.52. The van der Waals surface area contributed by atoms with Crippen LogP contribution in [-0.4, -0.2) is 25.8 Å². The van der Waals surface area contributed by atoms with E-state index >= 15 is 0 Å². The van der Waals surface area contributed by atoms with Crippen LogP contribution in [0.1, 0.15) is 36.6 Å². The largest absolute Gasteiger partial charge is 0.487 e. The molecule has 36 heavy (non-hydrogen) atoms. The van der Waals surface area contributed by atoms with E-state index < -0.39 is 5.97 Å². The molecule has 3 N–H and O–H groups in total. The Labute approximate surface area is 208 Å². The number of rotatable bonds is 7. The van der Waals surface area contributed by atoms with E-state index in [-0.39, 0.29) is 13.0 Å². The second kappa shape index (κ2) is 9.00. The number of benzene rings is 3. The molecule has 0 aliphatic heterocycles. The first-order valence-electron chi connectivity index (χ1n) is 12.1. The Balaban J connectivity index is 1.39. The molecular formula is C29H26N4O3. The van der Waals surface area contributed by atoms with Gasteiger partial charge in [-0.3, -0.25) is 9.48 Å². The number of hydrogen-bond donors (Lipinski definition) is 2. The predicted molar refractivity (Wildman–Crippen MR) is 140 cm³/mol. The van der Waals surface area contributed by atoms with Crippen LogP contribution in [0.4, 0.5) is 5.82 Å². The number of ether oxygens (including phenoxy) is 1. The predicted octanol–water partition coefficient (Wildman–Crippen LogP) is 5.76. The van der Waals surface area contributed by atoms with Crippen molar-refractivity contribution in [3.05, 3.63) is 84.2 Å². The summed E-state index contributed by atoms with van der Waals surface area (Å²) < 4.78 is 8.26. The van der Waals surface area contributed by atoms with Gasteiger partial charge < -0.3 is 15.6 Å². The zero-order chi connectivity index (χ0) is 24.6. The van der Waals surface area contributed by atoms with Crippen LogP contribution in [0, 0.1) is 0 Å². The van der Waals surface area contributed by atoms with E-state index in [1.807, 2.05) is 24.3 Å². The molecule has 180 valence electrons. The minimum Gasteiger partial charge on any atom is -0.487 e. The molecule has 0 bridgehead atoms. The summed E-state index contributed by atoms with van der Waals surface area (Å²) in [6.07, 6.45) is 5.09. The third kappa shape index (κ3) is 4.02. The van der Waals surface area contributed by atoms with Crippen LogP contribution in [0.25, 0.3) is 32.8 Å². The molecule has 0 atom stereocenters. The quantitative estimate of drug-likeness (QED) is 0.308. The zero-order valence-electron chi connectivity index (χ0n) is 19.7. The van der Waals surface area contributed by atoms with Gasteiger partial charge in [0.15, 0.2) is 0 Å². The number of aromatic nitrogens is 3. The smallest absolute Gasteiger partial charge is 0.307 e. The molecule has 2 aromatic heterocycles. The average molecular weight is 479 g/mol. The highest BCUT2D eigenvalue weighted by Crippen LogP contribution is 2.37. The van der Waals surface area contributed by atoms with E-state index in [0.29, 0.717) is 23.2 Å². The third-order valence-electron chi connectivity index (χ3n) is 7.01. The molecule has 5 aromatic rings. The van der Waals surface area contributed by atoms with Gasteiger partial charge in [0, 0.05) is 22.5 Å². The summed E-state index contributed by atoms with van der Waals surface area (Å²) in [5, 5.41) is 17.2. The second-order valence-electron chi connectivity index (χ2n) is 9.31. The van der Waals surface area contributed by atoms with Crippen molar-refractivity contribution >= 4 is 33.5 Å². The van der Waals surface area contributed by atoms with Crippen molar-refractivity contribution in [2.24, 2.45) is 0 Å². The van der Waals surface area contributed by atoms with Crippen LogP contribution >= 0.6 is 0 Å². The van der Waals surface area contributed by atoms with E-state index in [2.05, 4.69) is 46.1 Å². The van der Waals surface area contributed by atoms with Gasteiger partial charge in [0.05, 0.1) is 18.0 Å². The van der Waals surface area contributed by atoms with E-state index in [1.165, 1.54) is 6.42 Å². The van der Waals surface area contributed by atoms with Gasteiger partial charge in [-0.25, -0.2) is 4.98 Å². The number of para-hydroxylation sites is 1.